The number of nitrogens with two attached hydrogens (primary N) is 1. The molecule has 21 heavy (non-hydrogen) atoms. The lowest BCUT2D eigenvalue weighted by molar-refractivity contribution is -0.274. The van der Waals surface area contributed by atoms with Crippen LogP contribution in [0.25, 0.3) is 0 Å². The standard InChI is InChI=1S/C14H17F3N2O2/c15-14(16,17)21-11-7-3-4-9(8-11)12(13(18)20)19-10-5-1-2-6-10/h3-4,7-8,10,12,19H,1-2,5-6H2,(H2,18,20). The Balaban J connectivity index is 2.15. The largest absolute Gasteiger partial charge is 0.573 e. The molecule has 116 valence electrons. The number of nitrogens with one attached hydrogen (secondary N) is 1. The lowest BCUT2D eigenvalue weighted by Gasteiger charge is -2.21. The molecule has 0 bridgehead atoms. The number of amides is 1. The summed E-state index contributed by atoms with van der Waals surface area (Å²) in [5, 5.41) is 3.11. The fourth-order valence-electron chi connectivity index (χ4n) is 2.56. The van der Waals surface area contributed by atoms with Crippen molar-refractivity contribution in [2.24, 2.45) is 5.73 Å². The van der Waals surface area contributed by atoms with E-state index in [0.29, 0.717) is 5.56 Å². The SMILES string of the molecule is NC(=O)C(NC1CCCC1)c1cccc(OC(F)(F)F)c1. The number of hydrogen-bond donors (Lipinski definition) is 2. The molecule has 0 aliphatic heterocycles. The van der Waals surface area contributed by atoms with Crippen molar-refractivity contribution in [1.82, 2.24) is 5.32 Å². The van der Waals surface area contributed by atoms with Crippen molar-refractivity contribution in [1.29, 1.82) is 0 Å². The minimum atomic E-state index is -4.76. The van der Waals surface area contributed by atoms with Gasteiger partial charge in [-0.1, -0.05) is 25.0 Å². The summed E-state index contributed by atoms with van der Waals surface area (Å²) in [5.74, 6) is -0.981. The quantitative estimate of drug-likeness (QED) is 0.879. The first-order valence-electron chi connectivity index (χ1n) is 6.76. The van der Waals surface area contributed by atoms with Crippen LogP contribution in [0.15, 0.2) is 24.3 Å². The summed E-state index contributed by atoms with van der Waals surface area (Å²) < 4.78 is 40.6. The van der Waals surface area contributed by atoms with Crippen LogP contribution in [0.1, 0.15) is 37.3 Å². The van der Waals surface area contributed by atoms with Gasteiger partial charge in [-0.25, -0.2) is 0 Å². The molecule has 1 fully saturated rings. The smallest absolute Gasteiger partial charge is 0.406 e. The Morgan fingerprint density at radius 1 is 1.33 bits per heavy atom. The monoisotopic (exact) mass is 302 g/mol. The van der Waals surface area contributed by atoms with Gasteiger partial charge in [-0.05, 0) is 30.5 Å². The van der Waals surface area contributed by atoms with Gasteiger partial charge in [0.2, 0.25) is 5.91 Å². The number of carbonyl (C=O) groups excluding carboxylic acids is 1. The highest BCUT2D eigenvalue weighted by molar-refractivity contribution is 5.81. The van der Waals surface area contributed by atoms with Crippen LogP contribution in [0.4, 0.5) is 13.2 Å². The highest BCUT2D eigenvalue weighted by atomic mass is 19.4. The minimum absolute atomic E-state index is 0.162. The van der Waals surface area contributed by atoms with Gasteiger partial charge in [-0.15, -0.1) is 13.2 Å². The van der Waals surface area contributed by atoms with Crippen molar-refractivity contribution < 1.29 is 22.7 Å². The molecule has 0 spiro atoms. The van der Waals surface area contributed by atoms with Crippen LogP contribution in [0.2, 0.25) is 0 Å². The maximum absolute atomic E-state index is 12.2. The molecule has 0 aromatic heterocycles. The number of ether oxygens (including phenoxy) is 1. The maximum Gasteiger partial charge on any atom is 0.573 e. The summed E-state index contributed by atoms with van der Waals surface area (Å²) in [7, 11) is 0. The predicted molar refractivity (Wildman–Crippen MR) is 70.5 cm³/mol. The van der Waals surface area contributed by atoms with Gasteiger partial charge in [-0.2, -0.15) is 0 Å². The summed E-state index contributed by atoms with van der Waals surface area (Å²) in [6.07, 6.45) is -0.758. The molecule has 1 unspecified atom stereocenters. The van der Waals surface area contributed by atoms with Gasteiger partial charge in [-0.3, -0.25) is 10.1 Å². The summed E-state index contributed by atoms with van der Waals surface area (Å²) in [5.41, 5.74) is 5.73. The van der Waals surface area contributed by atoms with Crippen LogP contribution < -0.4 is 15.8 Å². The average Bonchev–Trinajstić information content (AvgIpc) is 2.86. The number of primary amides is 1. The predicted octanol–water partition coefficient (Wildman–Crippen LogP) is 2.64. The van der Waals surface area contributed by atoms with E-state index in [0.717, 1.165) is 25.7 Å². The van der Waals surface area contributed by atoms with Crippen LogP contribution in [0.3, 0.4) is 0 Å². The van der Waals surface area contributed by atoms with E-state index in [9.17, 15) is 18.0 Å². The number of hydrogen-bond acceptors (Lipinski definition) is 3. The number of benzene rings is 1. The van der Waals surface area contributed by atoms with Crippen LogP contribution in [0, 0.1) is 0 Å². The molecule has 0 heterocycles. The Kier molecular flexibility index (Phi) is 4.72. The molecule has 0 radical (unpaired) electrons. The van der Waals surface area contributed by atoms with Crippen molar-refractivity contribution in [3.8, 4) is 5.75 Å². The van der Waals surface area contributed by atoms with Gasteiger partial charge in [0.05, 0.1) is 0 Å². The minimum Gasteiger partial charge on any atom is -0.406 e. The van der Waals surface area contributed by atoms with E-state index in [1.54, 1.807) is 6.07 Å². The van der Waals surface area contributed by atoms with Gasteiger partial charge in [0.15, 0.2) is 0 Å². The second kappa shape index (κ2) is 6.34. The summed E-state index contributed by atoms with van der Waals surface area (Å²) >= 11 is 0. The van der Waals surface area contributed by atoms with E-state index >= 15 is 0 Å². The van der Waals surface area contributed by atoms with Crippen LogP contribution in [0.5, 0.6) is 5.75 Å². The zero-order chi connectivity index (χ0) is 15.5. The fourth-order valence-corrected chi connectivity index (χ4v) is 2.56. The fraction of sp³-hybridized carbons (Fsp3) is 0.500. The van der Waals surface area contributed by atoms with Gasteiger partial charge in [0.1, 0.15) is 11.8 Å². The first-order valence-corrected chi connectivity index (χ1v) is 6.76. The number of alkyl halides is 3. The second-order valence-electron chi connectivity index (χ2n) is 5.10. The first kappa shape index (κ1) is 15.6. The van der Waals surface area contributed by atoms with Crippen molar-refractivity contribution in [3.63, 3.8) is 0 Å². The maximum atomic E-state index is 12.2. The summed E-state index contributed by atoms with van der Waals surface area (Å²) in [6.45, 7) is 0. The Morgan fingerprint density at radius 2 is 2.00 bits per heavy atom. The molecule has 1 aliphatic carbocycles. The van der Waals surface area contributed by atoms with Gasteiger partial charge < -0.3 is 10.5 Å². The zero-order valence-corrected chi connectivity index (χ0v) is 11.3. The Hall–Kier alpha value is -1.76. The second-order valence-corrected chi connectivity index (χ2v) is 5.10. The Bertz CT molecular complexity index is 499. The van der Waals surface area contributed by atoms with Crippen LogP contribution in [-0.2, 0) is 4.79 Å². The third-order valence-electron chi connectivity index (χ3n) is 3.47. The normalized spacial score (nSPS) is 17.7. The van der Waals surface area contributed by atoms with Gasteiger partial charge in [0.25, 0.3) is 0 Å². The molecule has 1 aliphatic rings. The molecular formula is C14H17F3N2O2. The van der Waals surface area contributed by atoms with Crippen molar-refractivity contribution in [2.45, 2.75) is 44.1 Å². The highest BCUT2D eigenvalue weighted by Gasteiger charge is 2.31. The molecule has 1 saturated carbocycles. The number of halogens is 3. The van der Waals surface area contributed by atoms with Crippen LogP contribution in [-0.4, -0.2) is 18.3 Å². The first-order chi connectivity index (χ1) is 9.85. The van der Waals surface area contributed by atoms with E-state index in [4.69, 9.17) is 5.73 Å². The lowest BCUT2D eigenvalue weighted by Crippen LogP contribution is -2.38. The molecule has 1 amide bonds. The van der Waals surface area contributed by atoms with Crippen molar-refractivity contribution in [2.75, 3.05) is 0 Å². The third kappa shape index (κ3) is 4.63. The molecular weight excluding hydrogens is 285 g/mol. The molecule has 0 saturated heterocycles. The Morgan fingerprint density at radius 3 is 2.57 bits per heavy atom. The van der Waals surface area contributed by atoms with Gasteiger partial charge in [0, 0.05) is 6.04 Å². The molecule has 1 aromatic carbocycles. The molecule has 1 aromatic rings. The van der Waals surface area contributed by atoms with Crippen molar-refractivity contribution in [3.05, 3.63) is 29.8 Å². The van der Waals surface area contributed by atoms with Crippen molar-refractivity contribution >= 4 is 5.91 Å². The Labute approximate surface area is 120 Å². The van der Waals surface area contributed by atoms with E-state index in [2.05, 4.69) is 10.1 Å². The van der Waals surface area contributed by atoms with Crippen LogP contribution >= 0.6 is 0 Å². The van der Waals surface area contributed by atoms with E-state index in [1.165, 1.54) is 18.2 Å². The topological polar surface area (TPSA) is 64.4 Å². The van der Waals surface area contributed by atoms with E-state index in [-0.39, 0.29) is 11.8 Å². The highest BCUT2D eigenvalue weighted by Crippen LogP contribution is 2.27. The summed E-state index contributed by atoms with van der Waals surface area (Å²) in [4.78, 5) is 11.6. The van der Waals surface area contributed by atoms with E-state index in [1.807, 2.05) is 0 Å². The summed E-state index contributed by atoms with van der Waals surface area (Å²) in [6, 6.07) is 4.68. The lowest BCUT2D eigenvalue weighted by atomic mass is 10.0. The van der Waals surface area contributed by atoms with E-state index < -0.39 is 18.3 Å². The van der Waals surface area contributed by atoms with Gasteiger partial charge >= 0.3 is 6.36 Å². The number of rotatable bonds is 5. The molecule has 3 N–H and O–H groups in total. The molecule has 1 atom stereocenters. The zero-order valence-electron chi connectivity index (χ0n) is 11.3. The average molecular weight is 302 g/mol. The third-order valence-corrected chi connectivity index (χ3v) is 3.47. The molecule has 7 heteroatoms. The molecule has 2 rings (SSSR count). The molecule has 4 nitrogen and oxygen atoms in total. The number of carbonyl (C=O) groups is 1.